The van der Waals surface area contributed by atoms with Crippen LogP contribution in [0.5, 0.6) is 5.75 Å². The molecule has 0 unspecified atom stereocenters. The number of rotatable bonds is 7. The number of nitrogens with zero attached hydrogens (tertiary/aromatic N) is 1. The van der Waals surface area contributed by atoms with Crippen molar-refractivity contribution < 1.29 is 18.7 Å². The molecule has 0 aliphatic carbocycles. The monoisotopic (exact) mass is 334 g/mol. The fraction of sp³-hybridized carbons (Fsp3) is 0.294. The van der Waals surface area contributed by atoms with Crippen LogP contribution in [0.15, 0.2) is 41.3 Å². The molecule has 1 aromatic heterocycles. The van der Waals surface area contributed by atoms with Crippen molar-refractivity contribution in [2.75, 3.05) is 25.6 Å². The topological polar surface area (TPSA) is 69.6 Å². The van der Waals surface area contributed by atoms with Crippen molar-refractivity contribution in [3.8, 4) is 5.75 Å². The number of halogens is 1. The lowest BCUT2D eigenvalue weighted by molar-refractivity contribution is -0.118. The van der Waals surface area contributed by atoms with Crippen LogP contribution in [0.4, 0.5) is 10.1 Å². The van der Waals surface area contributed by atoms with E-state index in [1.54, 1.807) is 20.2 Å². The van der Waals surface area contributed by atoms with Crippen LogP contribution in [0.25, 0.3) is 0 Å². The van der Waals surface area contributed by atoms with Crippen LogP contribution in [-0.2, 0) is 16.1 Å². The minimum Gasteiger partial charge on any atom is -0.478 e. The average Bonchev–Trinajstić information content (AvgIpc) is 2.56. The molecule has 1 aromatic carbocycles. The first-order chi connectivity index (χ1) is 11.5. The number of hydrogen-bond acceptors (Lipinski definition) is 4. The molecule has 0 aliphatic heterocycles. The highest BCUT2D eigenvalue weighted by Gasteiger charge is 2.11. The number of ether oxygens (including phenoxy) is 2. The van der Waals surface area contributed by atoms with Crippen molar-refractivity contribution in [3.05, 3.63) is 58.3 Å². The quantitative estimate of drug-likeness (QED) is 0.840. The summed E-state index contributed by atoms with van der Waals surface area (Å²) in [6, 6.07) is 6.76. The van der Waals surface area contributed by atoms with Crippen LogP contribution < -0.4 is 15.5 Å². The van der Waals surface area contributed by atoms with E-state index in [2.05, 4.69) is 5.32 Å². The minimum absolute atomic E-state index is 0.128. The molecule has 1 heterocycles. The van der Waals surface area contributed by atoms with Gasteiger partial charge in [0.1, 0.15) is 5.82 Å². The number of anilines is 1. The lowest BCUT2D eigenvalue weighted by atomic mass is 10.3. The van der Waals surface area contributed by atoms with E-state index in [4.69, 9.17) is 9.47 Å². The van der Waals surface area contributed by atoms with Crippen LogP contribution in [0.3, 0.4) is 0 Å². The summed E-state index contributed by atoms with van der Waals surface area (Å²) in [5.74, 6) is -0.698. The van der Waals surface area contributed by atoms with E-state index >= 15 is 0 Å². The number of methoxy groups -OCH3 is 1. The van der Waals surface area contributed by atoms with Crippen LogP contribution in [-0.4, -0.2) is 30.8 Å². The van der Waals surface area contributed by atoms with Crippen LogP contribution in [0.2, 0.25) is 0 Å². The third-order valence-corrected chi connectivity index (χ3v) is 3.40. The molecule has 2 rings (SSSR count). The van der Waals surface area contributed by atoms with Gasteiger partial charge in [-0.3, -0.25) is 9.59 Å². The van der Waals surface area contributed by atoms with Gasteiger partial charge in [0, 0.05) is 31.6 Å². The molecule has 6 nitrogen and oxygen atoms in total. The largest absolute Gasteiger partial charge is 0.478 e. The third-order valence-electron chi connectivity index (χ3n) is 3.40. The molecule has 0 atom stereocenters. The summed E-state index contributed by atoms with van der Waals surface area (Å²) in [5.41, 5.74) is 0.775. The van der Waals surface area contributed by atoms with Gasteiger partial charge in [-0.15, -0.1) is 0 Å². The standard InChI is InChI=1S/C17H19FN2O4/c1-12-17(15(21)7-8-20(12)9-10-23-2)24-11-16(22)19-14-5-3-13(18)4-6-14/h3-8H,9-11H2,1-2H3,(H,19,22). The normalized spacial score (nSPS) is 10.5. The molecule has 0 saturated carbocycles. The number of carbonyl (C=O) groups excluding carboxylic acids is 1. The summed E-state index contributed by atoms with van der Waals surface area (Å²) in [7, 11) is 1.59. The third kappa shape index (κ3) is 4.66. The second-order valence-corrected chi connectivity index (χ2v) is 5.12. The number of nitrogens with one attached hydrogen (secondary N) is 1. The van der Waals surface area contributed by atoms with Gasteiger partial charge in [0.15, 0.2) is 12.4 Å². The Morgan fingerprint density at radius 2 is 1.96 bits per heavy atom. The highest BCUT2D eigenvalue weighted by Crippen LogP contribution is 2.12. The van der Waals surface area contributed by atoms with E-state index in [1.807, 2.05) is 4.57 Å². The van der Waals surface area contributed by atoms with Gasteiger partial charge in [-0.1, -0.05) is 0 Å². The first-order valence-corrected chi connectivity index (χ1v) is 7.38. The Hall–Kier alpha value is -2.67. The zero-order valence-electron chi connectivity index (χ0n) is 13.5. The van der Waals surface area contributed by atoms with Gasteiger partial charge >= 0.3 is 0 Å². The molecular formula is C17H19FN2O4. The minimum atomic E-state index is -0.437. The summed E-state index contributed by atoms with van der Waals surface area (Å²) < 4.78 is 25.0. The number of aromatic nitrogens is 1. The van der Waals surface area contributed by atoms with Gasteiger partial charge in [0.05, 0.1) is 12.3 Å². The Morgan fingerprint density at radius 3 is 2.62 bits per heavy atom. The average molecular weight is 334 g/mol. The van der Waals surface area contributed by atoms with Gasteiger partial charge < -0.3 is 19.4 Å². The molecule has 0 aliphatic rings. The highest BCUT2D eigenvalue weighted by molar-refractivity contribution is 5.91. The Bertz CT molecular complexity index is 756. The number of hydrogen-bond donors (Lipinski definition) is 1. The van der Waals surface area contributed by atoms with Gasteiger partial charge in [0.2, 0.25) is 5.43 Å². The summed E-state index contributed by atoms with van der Waals surface area (Å²) >= 11 is 0. The Kier molecular flexibility index (Phi) is 6.08. The number of carbonyl (C=O) groups is 1. The van der Waals surface area contributed by atoms with Crippen molar-refractivity contribution >= 4 is 11.6 Å². The second-order valence-electron chi connectivity index (χ2n) is 5.12. The maximum atomic E-state index is 12.8. The molecule has 1 N–H and O–H groups in total. The molecule has 0 radical (unpaired) electrons. The smallest absolute Gasteiger partial charge is 0.262 e. The summed E-state index contributed by atoms with van der Waals surface area (Å²) in [4.78, 5) is 23.8. The predicted octanol–water partition coefficient (Wildman–Crippen LogP) is 1.96. The SMILES string of the molecule is COCCn1ccc(=O)c(OCC(=O)Nc2ccc(F)cc2)c1C. The Labute approximate surface area is 138 Å². The van der Waals surface area contributed by atoms with E-state index in [-0.39, 0.29) is 23.6 Å². The number of pyridine rings is 1. The Balaban J connectivity index is 2.01. The van der Waals surface area contributed by atoms with E-state index in [1.165, 1.54) is 30.3 Å². The molecule has 0 bridgehead atoms. The molecule has 1 amide bonds. The molecule has 0 fully saturated rings. The fourth-order valence-electron chi connectivity index (χ4n) is 2.13. The fourth-order valence-corrected chi connectivity index (χ4v) is 2.13. The zero-order valence-corrected chi connectivity index (χ0v) is 13.5. The number of benzene rings is 1. The van der Waals surface area contributed by atoms with Crippen LogP contribution in [0.1, 0.15) is 5.69 Å². The first kappa shape index (κ1) is 17.7. The lowest BCUT2D eigenvalue weighted by Gasteiger charge is -2.14. The lowest BCUT2D eigenvalue weighted by Crippen LogP contribution is -2.24. The second kappa shape index (κ2) is 8.26. The molecule has 24 heavy (non-hydrogen) atoms. The van der Waals surface area contributed by atoms with Crippen molar-refractivity contribution in [3.63, 3.8) is 0 Å². The van der Waals surface area contributed by atoms with Crippen LogP contribution in [0, 0.1) is 12.7 Å². The number of amides is 1. The van der Waals surface area contributed by atoms with Gasteiger partial charge in [-0.25, -0.2) is 4.39 Å². The zero-order chi connectivity index (χ0) is 17.5. The molecule has 2 aromatic rings. The van der Waals surface area contributed by atoms with Crippen molar-refractivity contribution in [2.24, 2.45) is 0 Å². The highest BCUT2D eigenvalue weighted by atomic mass is 19.1. The van der Waals surface area contributed by atoms with E-state index in [0.717, 1.165) is 0 Å². The van der Waals surface area contributed by atoms with Gasteiger partial charge in [-0.2, -0.15) is 0 Å². The first-order valence-electron chi connectivity index (χ1n) is 7.38. The van der Waals surface area contributed by atoms with E-state index in [9.17, 15) is 14.0 Å². The predicted molar refractivity (Wildman–Crippen MR) is 87.8 cm³/mol. The molecule has 7 heteroatoms. The summed E-state index contributed by atoms with van der Waals surface area (Å²) in [5, 5.41) is 2.57. The van der Waals surface area contributed by atoms with Crippen molar-refractivity contribution in [1.29, 1.82) is 0 Å². The van der Waals surface area contributed by atoms with Gasteiger partial charge in [-0.05, 0) is 31.2 Å². The van der Waals surface area contributed by atoms with Crippen molar-refractivity contribution in [2.45, 2.75) is 13.5 Å². The summed E-state index contributed by atoms with van der Waals surface area (Å²) in [6.45, 7) is 2.49. The molecule has 128 valence electrons. The molecule has 0 saturated heterocycles. The summed E-state index contributed by atoms with van der Waals surface area (Å²) in [6.07, 6.45) is 1.65. The van der Waals surface area contributed by atoms with Crippen molar-refractivity contribution in [1.82, 2.24) is 4.57 Å². The van der Waals surface area contributed by atoms with Crippen LogP contribution >= 0.6 is 0 Å². The van der Waals surface area contributed by atoms with E-state index in [0.29, 0.717) is 24.5 Å². The molecule has 0 spiro atoms. The van der Waals surface area contributed by atoms with Gasteiger partial charge in [0.25, 0.3) is 5.91 Å². The Morgan fingerprint density at radius 1 is 1.25 bits per heavy atom. The van der Waals surface area contributed by atoms with E-state index < -0.39 is 5.91 Å². The molecular weight excluding hydrogens is 315 g/mol. The maximum absolute atomic E-state index is 12.8. The maximum Gasteiger partial charge on any atom is 0.262 e.